The molecule has 1 aliphatic carbocycles. The van der Waals surface area contributed by atoms with Crippen LogP contribution in [0.4, 0.5) is 13.2 Å². The lowest BCUT2D eigenvalue weighted by Crippen LogP contribution is -2.24. The number of allylic oxidation sites excluding steroid dienone is 3. The fraction of sp³-hybridized carbons (Fsp3) is 0.524. The summed E-state index contributed by atoms with van der Waals surface area (Å²) in [6, 6.07) is 2.78. The molecule has 5 heteroatoms. The van der Waals surface area contributed by atoms with E-state index in [0.717, 1.165) is 24.8 Å². The van der Waals surface area contributed by atoms with Gasteiger partial charge in [-0.2, -0.15) is 13.2 Å². The van der Waals surface area contributed by atoms with Gasteiger partial charge in [-0.25, -0.2) is 0 Å². The summed E-state index contributed by atoms with van der Waals surface area (Å²) in [6.07, 6.45) is 0.643. The van der Waals surface area contributed by atoms with Gasteiger partial charge in [-0.05, 0) is 50.2 Å². The Morgan fingerprint density at radius 1 is 1.23 bits per heavy atom. The van der Waals surface area contributed by atoms with E-state index in [1.54, 1.807) is 6.07 Å². The van der Waals surface area contributed by atoms with Gasteiger partial charge in [0.25, 0.3) is 0 Å². The fourth-order valence-electron chi connectivity index (χ4n) is 3.82. The zero-order chi connectivity index (χ0) is 19.5. The number of aryl methyl sites for hydroxylation is 1. The average Bonchev–Trinajstić information content (AvgIpc) is 2.53. The number of phenols is 2. The Kier molecular flexibility index (Phi) is 6.43. The van der Waals surface area contributed by atoms with Crippen LogP contribution in [0.15, 0.2) is 35.9 Å². The lowest BCUT2D eigenvalue weighted by Gasteiger charge is -2.33. The number of rotatable bonds is 6. The molecule has 0 amide bonds. The minimum Gasteiger partial charge on any atom is -0.508 e. The molecule has 0 fully saturated rings. The maximum Gasteiger partial charge on any atom is 0.412 e. The lowest BCUT2D eigenvalue weighted by atomic mass is 9.72. The minimum atomic E-state index is -4.37. The van der Waals surface area contributed by atoms with Gasteiger partial charge in [0.2, 0.25) is 0 Å². The summed E-state index contributed by atoms with van der Waals surface area (Å²) in [4.78, 5) is 0. The van der Waals surface area contributed by atoms with Crippen LogP contribution in [0.5, 0.6) is 11.5 Å². The molecule has 1 aromatic carbocycles. The van der Waals surface area contributed by atoms with E-state index < -0.39 is 17.7 Å². The van der Waals surface area contributed by atoms with E-state index in [9.17, 15) is 23.4 Å². The van der Waals surface area contributed by atoms with Crippen molar-refractivity contribution >= 4 is 0 Å². The number of aromatic hydroxyl groups is 2. The number of benzene rings is 1. The Morgan fingerprint density at radius 3 is 2.50 bits per heavy atom. The van der Waals surface area contributed by atoms with E-state index in [1.807, 2.05) is 6.92 Å². The number of halogens is 3. The molecule has 0 spiro atoms. The normalized spacial score (nSPS) is 20.7. The molecule has 1 aliphatic rings. The topological polar surface area (TPSA) is 40.5 Å². The van der Waals surface area contributed by atoms with Gasteiger partial charge in [-0.15, -0.1) is 0 Å². The summed E-state index contributed by atoms with van der Waals surface area (Å²) in [5.41, 5.74) is 1.46. The number of hydrogen-bond acceptors (Lipinski definition) is 2. The van der Waals surface area contributed by atoms with Crippen LogP contribution in [0.1, 0.15) is 63.0 Å². The van der Waals surface area contributed by atoms with Crippen LogP contribution in [-0.4, -0.2) is 16.4 Å². The predicted octanol–water partition coefficient (Wildman–Crippen LogP) is 6.39. The summed E-state index contributed by atoms with van der Waals surface area (Å²) in [5.74, 6) is -0.968. The summed E-state index contributed by atoms with van der Waals surface area (Å²) in [6.45, 7) is 7.84. The lowest BCUT2D eigenvalue weighted by molar-refractivity contribution is -0.0957. The summed E-state index contributed by atoms with van der Waals surface area (Å²) < 4.78 is 39.8. The van der Waals surface area contributed by atoms with Crippen LogP contribution in [0.3, 0.4) is 0 Å². The highest BCUT2D eigenvalue weighted by Crippen LogP contribution is 2.48. The summed E-state index contributed by atoms with van der Waals surface area (Å²) in [7, 11) is 0. The molecule has 2 nitrogen and oxygen atoms in total. The number of hydrogen-bond donors (Lipinski definition) is 2. The van der Waals surface area contributed by atoms with Crippen molar-refractivity contribution in [2.75, 3.05) is 0 Å². The highest BCUT2D eigenvalue weighted by molar-refractivity contribution is 5.50. The van der Waals surface area contributed by atoms with Crippen molar-refractivity contribution in [1.82, 2.24) is 0 Å². The molecule has 2 N–H and O–H groups in total. The Morgan fingerprint density at radius 2 is 1.92 bits per heavy atom. The fourth-order valence-corrected chi connectivity index (χ4v) is 3.82. The molecule has 0 heterocycles. The first-order chi connectivity index (χ1) is 12.1. The Hall–Kier alpha value is -1.91. The highest BCUT2D eigenvalue weighted by Gasteiger charge is 2.39. The van der Waals surface area contributed by atoms with Crippen molar-refractivity contribution < 1.29 is 23.4 Å². The zero-order valence-corrected chi connectivity index (χ0v) is 15.4. The first kappa shape index (κ1) is 20.4. The van der Waals surface area contributed by atoms with Crippen molar-refractivity contribution in [3.8, 4) is 11.5 Å². The largest absolute Gasteiger partial charge is 0.508 e. The van der Waals surface area contributed by atoms with Gasteiger partial charge in [0.15, 0.2) is 0 Å². The second-order valence-corrected chi connectivity index (χ2v) is 7.20. The Labute approximate surface area is 153 Å². The maximum absolute atomic E-state index is 13.3. The third kappa shape index (κ3) is 4.63. The molecule has 0 saturated heterocycles. The first-order valence-corrected chi connectivity index (χ1v) is 9.13. The molecule has 2 rings (SSSR count). The van der Waals surface area contributed by atoms with E-state index in [4.69, 9.17) is 0 Å². The molecular formula is C21H27F3O2. The summed E-state index contributed by atoms with van der Waals surface area (Å²) >= 11 is 0. The highest BCUT2D eigenvalue weighted by atomic mass is 19.4. The SMILES string of the molecule is C=C(C)[C@@H]1CCC(C(F)(F)F)=C[C@H]1c1c(O)cc(O)cc1CCCCC. The maximum atomic E-state index is 13.3. The number of phenolic OH excluding ortho intramolecular Hbond substituents is 2. The Bertz CT molecular complexity index is 689. The molecule has 0 radical (unpaired) electrons. The van der Waals surface area contributed by atoms with Crippen LogP contribution in [-0.2, 0) is 6.42 Å². The van der Waals surface area contributed by atoms with Gasteiger partial charge in [-0.1, -0.05) is 38.0 Å². The van der Waals surface area contributed by atoms with Crippen LogP contribution in [0.25, 0.3) is 0 Å². The van der Waals surface area contributed by atoms with Gasteiger partial charge in [0.05, 0.1) is 0 Å². The van der Waals surface area contributed by atoms with Gasteiger partial charge >= 0.3 is 6.18 Å². The smallest absolute Gasteiger partial charge is 0.412 e. The second kappa shape index (κ2) is 8.19. The second-order valence-electron chi connectivity index (χ2n) is 7.20. The molecule has 26 heavy (non-hydrogen) atoms. The monoisotopic (exact) mass is 368 g/mol. The third-order valence-electron chi connectivity index (χ3n) is 5.15. The van der Waals surface area contributed by atoms with E-state index in [2.05, 4.69) is 13.5 Å². The molecule has 144 valence electrons. The van der Waals surface area contributed by atoms with E-state index in [1.165, 1.54) is 12.1 Å². The van der Waals surface area contributed by atoms with Crippen LogP contribution < -0.4 is 0 Å². The summed E-state index contributed by atoms with van der Waals surface area (Å²) in [5, 5.41) is 20.3. The first-order valence-electron chi connectivity index (χ1n) is 9.13. The molecule has 0 aromatic heterocycles. The number of alkyl halides is 3. The quantitative estimate of drug-likeness (QED) is 0.451. The minimum absolute atomic E-state index is 0.0401. The van der Waals surface area contributed by atoms with Crippen LogP contribution in [0, 0.1) is 5.92 Å². The van der Waals surface area contributed by atoms with Gasteiger partial charge in [-0.3, -0.25) is 0 Å². The van der Waals surface area contributed by atoms with Crippen molar-refractivity contribution in [3.63, 3.8) is 0 Å². The zero-order valence-electron chi connectivity index (χ0n) is 15.4. The molecule has 0 bridgehead atoms. The van der Waals surface area contributed by atoms with Gasteiger partial charge in [0.1, 0.15) is 11.5 Å². The van der Waals surface area contributed by atoms with E-state index in [0.29, 0.717) is 24.0 Å². The third-order valence-corrected chi connectivity index (χ3v) is 5.15. The standard InChI is InChI=1S/C21H27F3O2/c1-4-5-6-7-14-10-16(25)12-19(26)20(14)18-11-15(21(22,23)24)8-9-17(18)13(2)3/h10-12,17-18,25-26H,2,4-9H2,1,3H3/t17-,18+/m0/s1. The molecule has 0 unspecified atom stereocenters. The van der Waals surface area contributed by atoms with Crippen LogP contribution in [0.2, 0.25) is 0 Å². The van der Waals surface area contributed by atoms with E-state index in [-0.39, 0.29) is 23.8 Å². The Balaban J connectivity index is 2.54. The molecule has 1 aromatic rings. The number of unbranched alkanes of at least 4 members (excludes halogenated alkanes) is 2. The molecule has 0 saturated carbocycles. The van der Waals surface area contributed by atoms with Crippen LogP contribution >= 0.6 is 0 Å². The van der Waals surface area contributed by atoms with Crippen molar-refractivity contribution in [3.05, 3.63) is 47.1 Å². The van der Waals surface area contributed by atoms with Crippen molar-refractivity contribution in [2.24, 2.45) is 5.92 Å². The van der Waals surface area contributed by atoms with Gasteiger partial charge in [0, 0.05) is 23.1 Å². The van der Waals surface area contributed by atoms with E-state index >= 15 is 0 Å². The van der Waals surface area contributed by atoms with Gasteiger partial charge < -0.3 is 10.2 Å². The van der Waals surface area contributed by atoms with Crippen molar-refractivity contribution in [1.29, 1.82) is 0 Å². The molecule has 2 atom stereocenters. The molecule has 0 aliphatic heterocycles. The average molecular weight is 368 g/mol. The van der Waals surface area contributed by atoms with Crippen molar-refractivity contribution in [2.45, 2.75) is 64.5 Å². The predicted molar refractivity (Wildman–Crippen MR) is 97.4 cm³/mol. The molecular weight excluding hydrogens is 341 g/mol.